The van der Waals surface area contributed by atoms with E-state index in [-0.39, 0.29) is 16.5 Å². The predicted octanol–water partition coefficient (Wildman–Crippen LogP) is 4.83. The van der Waals surface area contributed by atoms with Crippen molar-refractivity contribution in [3.8, 4) is 5.75 Å². The van der Waals surface area contributed by atoms with Gasteiger partial charge in [0.15, 0.2) is 11.5 Å². The van der Waals surface area contributed by atoms with Crippen LogP contribution in [0.25, 0.3) is 0 Å². The van der Waals surface area contributed by atoms with Gasteiger partial charge in [0.25, 0.3) is 5.91 Å². The van der Waals surface area contributed by atoms with Gasteiger partial charge in [0.2, 0.25) is 0 Å². The van der Waals surface area contributed by atoms with Crippen LogP contribution >= 0.6 is 11.8 Å². The Hall–Kier alpha value is -2.48. The zero-order valence-electron chi connectivity index (χ0n) is 15.7. The summed E-state index contributed by atoms with van der Waals surface area (Å²) in [7, 11) is 0. The smallest absolute Gasteiger partial charge is 0.275 e. The van der Waals surface area contributed by atoms with Gasteiger partial charge in [-0.2, -0.15) is 5.10 Å². The molecule has 0 aromatic heterocycles. The van der Waals surface area contributed by atoms with Crippen molar-refractivity contribution in [2.45, 2.75) is 24.6 Å². The first kappa shape index (κ1) is 19.8. The highest BCUT2D eigenvalue weighted by molar-refractivity contribution is 8.15. The number of carbonyl (C=O) groups is 1. The van der Waals surface area contributed by atoms with Gasteiger partial charge in [-0.25, -0.2) is 18.2 Å². The van der Waals surface area contributed by atoms with E-state index in [9.17, 15) is 18.0 Å². The number of hydrogen-bond acceptors (Lipinski definition) is 4. The van der Waals surface area contributed by atoms with Gasteiger partial charge in [0.05, 0.1) is 6.61 Å². The molecular formula is C21H19F3N2O2S. The quantitative estimate of drug-likeness (QED) is 0.711. The standard InChI is InChI=1S/C21H19F3N2O2S/c1-2-5-13-12-28-18-7-4-3-6-16(18)21(13)26(19(27)11-22)25-20(29-21)15-10-14(23)8-9-17(15)24/h3-4,6-10,13H,2,5,11-12H2,1H3/t13-,21+/m0/s1. The van der Waals surface area contributed by atoms with Crippen LogP contribution in [0.3, 0.4) is 0 Å². The number of rotatable bonds is 4. The van der Waals surface area contributed by atoms with Crippen LogP contribution in [0.2, 0.25) is 0 Å². The summed E-state index contributed by atoms with van der Waals surface area (Å²) in [6, 6.07) is 10.3. The first-order valence-electron chi connectivity index (χ1n) is 9.35. The number of hydrogen-bond donors (Lipinski definition) is 0. The second-order valence-electron chi connectivity index (χ2n) is 6.96. The molecule has 0 bridgehead atoms. The Labute approximate surface area is 170 Å². The maximum absolute atomic E-state index is 14.5. The molecular weight excluding hydrogens is 401 g/mol. The van der Waals surface area contributed by atoms with Crippen molar-refractivity contribution in [3.63, 3.8) is 0 Å². The van der Waals surface area contributed by atoms with Crippen molar-refractivity contribution >= 4 is 22.7 Å². The maximum atomic E-state index is 14.5. The van der Waals surface area contributed by atoms with E-state index < -0.39 is 29.1 Å². The van der Waals surface area contributed by atoms with Gasteiger partial charge in [-0.05, 0) is 30.7 Å². The van der Waals surface area contributed by atoms with E-state index in [1.807, 2.05) is 19.1 Å². The number of ether oxygens (including phenoxy) is 1. The number of hydrazone groups is 1. The van der Waals surface area contributed by atoms with Gasteiger partial charge < -0.3 is 4.74 Å². The number of halogens is 3. The van der Waals surface area contributed by atoms with Gasteiger partial charge in [0, 0.05) is 17.0 Å². The summed E-state index contributed by atoms with van der Waals surface area (Å²) in [4.78, 5) is 11.5. The number of carbonyl (C=O) groups excluding carboxylic acids is 1. The molecule has 4 nitrogen and oxygen atoms in total. The fourth-order valence-corrected chi connectivity index (χ4v) is 5.45. The van der Waals surface area contributed by atoms with Crippen molar-refractivity contribution in [2.24, 2.45) is 11.0 Å². The van der Waals surface area contributed by atoms with Gasteiger partial charge in [-0.1, -0.05) is 43.3 Å². The molecule has 0 aliphatic carbocycles. The molecule has 8 heteroatoms. The van der Waals surface area contributed by atoms with E-state index in [1.165, 1.54) is 0 Å². The maximum Gasteiger partial charge on any atom is 0.275 e. The average Bonchev–Trinajstić information content (AvgIpc) is 3.12. The summed E-state index contributed by atoms with van der Waals surface area (Å²) in [6.45, 7) is 1.07. The lowest BCUT2D eigenvalue weighted by Gasteiger charge is -2.45. The molecule has 2 heterocycles. The third kappa shape index (κ3) is 3.19. The van der Waals surface area contributed by atoms with Crippen molar-refractivity contribution < 1.29 is 22.7 Å². The summed E-state index contributed by atoms with van der Waals surface area (Å²) in [5.41, 5.74) is 0.620. The Kier molecular flexibility index (Phi) is 5.29. The van der Waals surface area contributed by atoms with Crippen LogP contribution in [0, 0.1) is 17.6 Å². The molecule has 0 fully saturated rings. The molecule has 2 aliphatic heterocycles. The Bertz CT molecular complexity index is 984. The lowest BCUT2D eigenvalue weighted by atomic mass is 9.86. The first-order chi connectivity index (χ1) is 14.0. The Balaban J connectivity index is 1.90. The monoisotopic (exact) mass is 420 g/mol. The van der Waals surface area contributed by atoms with Crippen LogP contribution in [0.4, 0.5) is 13.2 Å². The highest BCUT2D eigenvalue weighted by atomic mass is 32.2. The lowest BCUT2D eigenvalue weighted by molar-refractivity contribution is -0.138. The number of thioether (sulfide) groups is 1. The molecule has 4 rings (SSSR count). The van der Waals surface area contributed by atoms with Crippen molar-refractivity contribution in [3.05, 3.63) is 65.2 Å². The predicted molar refractivity (Wildman–Crippen MR) is 105 cm³/mol. The highest BCUT2D eigenvalue weighted by Crippen LogP contribution is 2.57. The molecule has 2 aliphatic rings. The average molecular weight is 420 g/mol. The Morgan fingerprint density at radius 1 is 1.31 bits per heavy atom. The molecule has 2 aromatic rings. The first-order valence-corrected chi connectivity index (χ1v) is 10.2. The largest absolute Gasteiger partial charge is 0.493 e. The molecule has 152 valence electrons. The van der Waals surface area contributed by atoms with E-state index in [4.69, 9.17) is 4.74 Å². The topological polar surface area (TPSA) is 41.9 Å². The number of amides is 1. The number of alkyl halides is 1. The van der Waals surface area contributed by atoms with Gasteiger partial charge in [0.1, 0.15) is 22.4 Å². The molecule has 0 saturated heterocycles. The number of nitrogens with zero attached hydrogens (tertiary/aromatic N) is 2. The zero-order chi connectivity index (χ0) is 20.6. The number of para-hydroxylation sites is 1. The molecule has 0 N–H and O–H groups in total. The van der Waals surface area contributed by atoms with Crippen LogP contribution in [-0.4, -0.2) is 29.2 Å². The van der Waals surface area contributed by atoms with E-state index in [1.54, 1.807) is 12.1 Å². The number of benzene rings is 2. The summed E-state index contributed by atoms with van der Waals surface area (Å²) in [6.07, 6.45) is 1.49. The minimum Gasteiger partial charge on any atom is -0.493 e. The van der Waals surface area contributed by atoms with Crippen molar-refractivity contribution in [2.75, 3.05) is 13.3 Å². The van der Waals surface area contributed by atoms with Gasteiger partial charge in [-0.3, -0.25) is 4.79 Å². The van der Waals surface area contributed by atoms with E-state index in [0.29, 0.717) is 24.3 Å². The Morgan fingerprint density at radius 2 is 2.10 bits per heavy atom. The zero-order valence-corrected chi connectivity index (χ0v) is 16.5. The van der Waals surface area contributed by atoms with Crippen LogP contribution in [0.1, 0.15) is 30.9 Å². The van der Waals surface area contributed by atoms with E-state index in [0.717, 1.165) is 41.4 Å². The van der Waals surface area contributed by atoms with Crippen molar-refractivity contribution in [1.82, 2.24) is 5.01 Å². The molecule has 0 unspecified atom stereocenters. The Morgan fingerprint density at radius 3 is 2.86 bits per heavy atom. The van der Waals surface area contributed by atoms with Crippen LogP contribution in [0.15, 0.2) is 47.6 Å². The molecule has 1 spiro atoms. The summed E-state index contributed by atoms with van der Waals surface area (Å²) in [5, 5.41) is 5.55. The fourth-order valence-electron chi connectivity index (χ4n) is 3.91. The normalized spacial score (nSPS) is 23.0. The molecule has 2 aromatic carbocycles. The minimum absolute atomic E-state index is 0.0530. The van der Waals surface area contributed by atoms with Crippen LogP contribution in [-0.2, 0) is 9.67 Å². The second kappa shape index (κ2) is 7.74. The number of fused-ring (bicyclic) bond motifs is 2. The van der Waals surface area contributed by atoms with Gasteiger partial charge in [-0.15, -0.1) is 0 Å². The summed E-state index contributed by atoms with van der Waals surface area (Å²) >= 11 is 1.15. The van der Waals surface area contributed by atoms with E-state index >= 15 is 0 Å². The molecule has 0 saturated carbocycles. The van der Waals surface area contributed by atoms with Crippen molar-refractivity contribution in [1.29, 1.82) is 0 Å². The minimum atomic E-state index is -1.24. The third-order valence-corrected chi connectivity index (χ3v) is 6.70. The molecule has 0 radical (unpaired) electrons. The van der Waals surface area contributed by atoms with E-state index in [2.05, 4.69) is 5.10 Å². The van der Waals surface area contributed by atoms with Crippen LogP contribution in [0.5, 0.6) is 5.75 Å². The summed E-state index contributed by atoms with van der Waals surface area (Å²) in [5.74, 6) is -1.75. The van der Waals surface area contributed by atoms with Gasteiger partial charge >= 0.3 is 0 Å². The summed E-state index contributed by atoms with van der Waals surface area (Å²) < 4.78 is 47.7. The molecule has 29 heavy (non-hydrogen) atoms. The molecule has 1 amide bonds. The third-order valence-electron chi connectivity index (χ3n) is 5.17. The highest BCUT2D eigenvalue weighted by Gasteiger charge is 2.56. The SMILES string of the molecule is CCC[C@H]1COc2ccccc2[C@]12SC(c1cc(F)ccc1F)=NN2C(=O)CF. The second-order valence-corrected chi connectivity index (χ2v) is 8.17. The fraction of sp³-hybridized carbons (Fsp3) is 0.333. The lowest BCUT2D eigenvalue weighted by Crippen LogP contribution is -2.51. The molecule has 2 atom stereocenters. The van der Waals surface area contributed by atoms with Crippen LogP contribution < -0.4 is 4.74 Å².